The highest BCUT2D eigenvalue weighted by atomic mass is 32.2. The van der Waals surface area contributed by atoms with Gasteiger partial charge in [-0.05, 0) is 42.5 Å². The molecular formula is C19H21N3O5S2. The SMILES string of the molecule is COc1ccc(-c2noc([C@H]3CCCN(S(=O)(=O)c4cccs4)C3)n2)cc1OC. The van der Waals surface area contributed by atoms with Crippen molar-refractivity contribution in [3.8, 4) is 22.9 Å². The van der Waals surface area contributed by atoms with Crippen LogP contribution in [0.2, 0.25) is 0 Å². The molecule has 10 heteroatoms. The molecule has 0 spiro atoms. The van der Waals surface area contributed by atoms with Gasteiger partial charge in [0.05, 0.1) is 20.1 Å². The van der Waals surface area contributed by atoms with E-state index in [1.807, 2.05) is 6.07 Å². The average Bonchev–Trinajstić information content (AvgIpc) is 3.46. The average molecular weight is 436 g/mol. The standard InChI is InChI=1S/C19H21N3O5S2/c1-25-15-8-7-13(11-16(15)26-2)18-20-19(27-21-18)14-5-3-9-22(12-14)29(23,24)17-6-4-10-28-17/h4,6-8,10-11,14H,3,5,9,12H2,1-2H3/t14-/m0/s1. The molecule has 0 radical (unpaired) electrons. The van der Waals surface area contributed by atoms with Gasteiger partial charge in [-0.15, -0.1) is 11.3 Å². The van der Waals surface area contributed by atoms with Crippen LogP contribution in [0.15, 0.2) is 44.4 Å². The number of benzene rings is 1. The van der Waals surface area contributed by atoms with Crippen molar-refractivity contribution >= 4 is 21.4 Å². The third-order valence-electron chi connectivity index (χ3n) is 4.91. The van der Waals surface area contributed by atoms with Crippen molar-refractivity contribution in [1.82, 2.24) is 14.4 Å². The third kappa shape index (κ3) is 3.87. The Morgan fingerprint density at radius 3 is 2.76 bits per heavy atom. The fourth-order valence-corrected chi connectivity index (χ4v) is 6.06. The van der Waals surface area contributed by atoms with Crippen LogP contribution in [0.5, 0.6) is 11.5 Å². The Kier molecular flexibility index (Phi) is 5.57. The normalized spacial score (nSPS) is 17.9. The summed E-state index contributed by atoms with van der Waals surface area (Å²) in [5, 5.41) is 5.85. The summed E-state index contributed by atoms with van der Waals surface area (Å²) >= 11 is 1.23. The molecule has 8 nitrogen and oxygen atoms in total. The van der Waals surface area contributed by atoms with Gasteiger partial charge in [-0.3, -0.25) is 0 Å². The van der Waals surface area contributed by atoms with Gasteiger partial charge in [0.1, 0.15) is 4.21 Å². The van der Waals surface area contributed by atoms with Crippen LogP contribution in [0.25, 0.3) is 11.4 Å². The molecule has 0 aliphatic carbocycles. The first kappa shape index (κ1) is 19.9. The van der Waals surface area contributed by atoms with E-state index in [2.05, 4.69) is 10.1 Å². The number of sulfonamides is 1. The van der Waals surface area contributed by atoms with Crippen molar-refractivity contribution in [3.63, 3.8) is 0 Å². The smallest absolute Gasteiger partial charge is 0.252 e. The molecule has 0 bridgehead atoms. The monoisotopic (exact) mass is 435 g/mol. The molecule has 4 rings (SSSR count). The molecule has 2 aromatic heterocycles. The number of hydrogen-bond donors (Lipinski definition) is 0. The summed E-state index contributed by atoms with van der Waals surface area (Å²) in [7, 11) is -0.354. The minimum Gasteiger partial charge on any atom is -0.493 e. The lowest BCUT2D eigenvalue weighted by Gasteiger charge is -2.29. The lowest BCUT2D eigenvalue weighted by atomic mass is 10.00. The quantitative estimate of drug-likeness (QED) is 0.586. The molecule has 1 aromatic carbocycles. The summed E-state index contributed by atoms with van der Waals surface area (Å²) in [6.45, 7) is 0.821. The molecule has 1 atom stereocenters. The molecule has 0 unspecified atom stereocenters. The van der Waals surface area contributed by atoms with Gasteiger partial charge in [0, 0.05) is 18.7 Å². The maximum absolute atomic E-state index is 12.8. The van der Waals surface area contributed by atoms with Crippen LogP contribution in [0.1, 0.15) is 24.7 Å². The summed E-state index contributed by atoms with van der Waals surface area (Å²) in [4.78, 5) is 4.52. The Hall–Kier alpha value is -2.43. The predicted molar refractivity (Wildman–Crippen MR) is 108 cm³/mol. The number of aromatic nitrogens is 2. The highest BCUT2D eigenvalue weighted by Crippen LogP contribution is 2.34. The van der Waals surface area contributed by atoms with Crippen molar-refractivity contribution in [3.05, 3.63) is 41.6 Å². The minimum atomic E-state index is -3.49. The van der Waals surface area contributed by atoms with Gasteiger partial charge in [-0.25, -0.2) is 8.42 Å². The van der Waals surface area contributed by atoms with Crippen molar-refractivity contribution in [1.29, 1.82) is 0 Å². The van der Waals surface area contributed by atoms with Crippen molar-refractivity contribution in [2.75, 3.05) is 27.3 Å². The molecule has 3 heterocycles. The van der Waals surface area contributed by atoms with Gasteiger partial charge < -0.3 is 14.0 Å². The van der Waals surface area contributed by atoms with Crippen molar-refractivity contribution < 1.29 is 22.4 Å². The molecule has 29 heavy (non-hydrogen) atoms. The Balaban J connectivity index is 1.55. The van der Waals surface area contributed by atoms with Gasteiger partial charge in [0.25, 0.3) is 10.0 Å². The molecular weight excluding hydrogens is 414 g/mol. The van der Waals surface area contributed by atoms with Crippen LogP contribution in [0.3, 0.4) is 0 Å². The Bertz CT molecular complexity index is 1080. The topological polar surface area (TPSA) is 94.8 Å². The van der Waals surface area contributed by atoms with Gasteiger partial charge in [-0.1, -0.05) is 11.2 Å². The number of methoxy groups -OCH3 is 2. The van der Waals surface area contributed by atoms with E-state index in [9.17, 15) is 8.42 Å². The molecule has 3 aromatic rings. The molecule has 1 fully saturated rings. The lowest BCUT2D eigenvalue weighted by molar-refractivity contribution is 0.266. The molecule has 1 aliphatic heterocycles. The van der Waals surface area contributed by atoms with E-state index >= 15 is 0 Å². The highest BCUT2D eigenvalue weighted by Gasteiger charge is 2.34. The van der Waals surface area contributed by atoms with Crippen molar-refractivity contribution in [2.24, 2.45) is 0 Å². The molecule has 154 valence electrons. The summed E-state index contributed by atoms with van der Waals surface area (Å²) < 4.78 is 43.6. The second-order valence-electron chi connectivity index (χ2n) is 6.66. The summed E-state index contributed by atoms with van der Waals surface area (Å²) in [5.41, 5.74) is 0.733. The van der Waals surface area contributed by atoms with E-state index in [1.165, 1.54) is 15.6 Å². The zero-order valence-electron chi connectivity index (χ0n) is 16.1. The van der Waals surface area contributed by atoms with E-state index in [1.54, 1.807) is 43.9 Å². The maximum atomic E-state index is 12.8. The molecule has 0 saturated carbocycles. The first-order valence-electron chi connectivity index (χ1n) is 9.12. The van der Waals surface area contributed by atoms with E-state index < -0.39 is 10.0 Å². The Morgan fingerprint density at radius 2 is 2.03 bits per heavy atom. The Morgan fingerprint density at radius 1 is 1.21 bits per heavy atom. The number of rotatable bonds is 6. The van der Waals surface area contributed by atoms with Crippen LogP contribution in [-0.4, -0.2) is 50.2 Å². The number of piperidine rings is 1. The van der Waals surface area contributed by atoms with E-state index in [-0.39, 0.29) is 5.92 Å². The molecule has 0 amide bonds. The van der Waals surface area contributed by atoms with Crippen LogP contribution in [0, 0.1) is 0 Å². The zero-order chi connectivity index (χ0) is 20.4. The Labute approximate surface area is 173 Å². The van der Waals surface area contributed by atoms with Crippen LogP contribution in [-0.2, 0) is 10.0 Å². The van der Waals surface area contributed by atoms with Gasteiger partial charge in [0.15, 0.2) is 11.5 Å². The number of nitrogens with zero attached hydrogens (tertiary/aromatic N) is 3. The van der Waals surface area contributed by atoms with Gasteiger partial charge in [0.2, 0.25) is 11.7 Å². The minimum absolute atomic E-state index is 0.139. The van der Waals surface area contributed by atoms with Crippen LogP contribution < -0.4 is 9.47 Å². The highest BCUT2D eigenvalue weighted by molar-refractivity contribution is 7.91. The summed E-state index contributed by atoms with van der Waals surface area (Å²) in [6, 6.07) is 8.75. The fraction of sp³-hybridized carbons (Fsp3) is 0.368. The number of hydrogen-bond acceptors (Lipinski definition) is 8. The van der Waals surface area contributed by atoms with Gasteiger partial charge >= 0.3 is 0 Å². The zero-order valence-corrected chi connectivity index (χ0v) is 17.7. The van der Waals surface area contributed by atoms with E-state index in [0.717, 1.165) is 18.4 Å². The van der Waals surface area contributed by atoms with Crippen molar-refractivity contribution in [2.45, 2.75) is 23.0 Å². The van der Waals surface area contributed by atoms with Crippen LogP contribution in [0.4, 0.5) is 0 Å². The second kappa shape index (κ2) is 8.13. The predicted octanol–water partition coefficient (Wildman–Crippen LogP) is 3.38. The van der Waals surface area contributed by atoms with Gasteiger partial charge in [-0.2, -0.15) is 9.29 Å². The van der Waals surface area contributed by atoms with E-state index in [0.29, 0.717) is 40.5 Å². The molecule has 0 N–H and O–H groups in total. The number of thiophene rings is 1. The second-order valence-corrected chi connectivity index (χ2v) is 9.77. The fourth-order valence-electron chi connectivity index (χ4n) is 3.39. The third-order valence-corrected chi connectivity index (χ3v) is 8.14. The first-order valence-corrected chi connectivity index (χ1v) is 11.4. The van der Waals surface area contributed by atoms with E-state index in [4.69, 9.17) is 14.0 Å². The molecule has 1 aliphatic rings. The largest absolute Gasteiger partial charge is 0.493 e. The molecule has 1 saturated heterocycles. The summed E-state index contributed by atoms with van der Waals surface area (Å²) in [5.74, 6) is 1.92. The lowest BCUT2D eigenvalue weighted by Crippen LogP contribution is -2.38. The first-order chi connectivity index (χ1) is 14.0. The number of ether oxygens (including phenoxy) is 2. The van der Waals surface area contributed by atoms with Crippen LogP contribution >= 0.6 is 11.3 Å². The maximum Gasteiger partial charge on any atom is 0.252 e. The summed E-state index contributed by atoms with van der Waals surface area (Å²) in [6.07, 6.45) is 1.54.